The van der Waals surface area contributed by atoms with Crippen LogP contribution in [0.1, 0.15) is 55.5 Å². The van der Waals surface area contributed by atoms with Gasteiger partial charge in [0.1, 0.15) is 11.1 Å². The summed E-state index contributed by atoms with van der Waals surface area (Å²) in [6.07, 6.45) is 5.97. The summed E-state index contributed by atoms with van der Waals surface area (Å²) in [5, 5.41) is 15.8. The highest BCUT2D eigenvalue weighted by molar-refractivity contribution is 7.90. The zero-order valence-electron chi connectivity index (χ0n) is 19.8. The fourth-order valence-electron chi connectivity index (χ4n) is 4.63. The van der Waals surface area contributed by atoms with E-state index in [1.54, 1.807) is 30.3 Å². The van der Waals surface area contributed by atoms with Crippen molar-refractivity contribution in [2.75, 3.05) is 6.26 Å². The van der Waals surface area contributed by atoms with Crippen molar-refractivity contribution in [1.29, 1.82) is 5.26 Å². The van der Waals surface area contributed by atoms with E-state index in [1.165, 1.54) is 12.1 Å². The van der Waals surface area contributed by atoms with Crippen LogP contribution in [0, 0.1) is 11.3 Å². The molecule has 0 aliphatic heterocycles. The first-order valence-corrected chi connectivity index (χ1v) is 13.8. The van der Waals surface area contributed by atoms with Crippen molar-refractivity contribution in [2.24, 2.45) is 0 Å². The molecule has 10 heteroatoms. The average molecular weight is 507 g/mol. The lowest BCUT2D eigenvalue weighted by Gasteiger charge is -2.37. The molecule has 0 atom stereocenters. The summed E-state index contributed by atoms with van der Waals surface area (Å²) < 4.78 is 29.2. The predicted octanol–water partition coefficient (Wildman–Crippen LogP) is 3.50. The first-order valence-electron chi connectivity index (χ1n) is 11.9. The molecule has 0 radical (unpaired) electrons. The topological polar surface area (TPSA) is 142 Å². The van der Waals surface area contributed by atoms with Gasteiger partial charge >= 0.3 is 0 Å². The summed E-state index contributed by atoms with van der Waals surface area (Å²) in [6.45, 7) is 0. The van der Waals surface area contributed by atoms with E-state index in [2.05, 4.69) is 21.7 Å². The first-order chi connectivity index (χ1) is 17.1. The standard InChI is InChI=1S/C26H26N4O5S/c1-36(33,34)19-8-5-17(6-9-19)20-10-7-18-15-21(35-23(18)28-20)22(31)29-26(11-3-2-4-12-26)24(32)30-25(16-27)13-14-25/h5-10,15H,2-4,11-14H2,1H3,(H,29,31)(H,30,32). The Labute approximate surface area is 208 Å². The number of carbonyl (C=O) groups is 2. The summed E-state index contributed by atoms with van der Waals surface area (Å²) in [4.78, 5) is 31.1. The van der Waals surface area contributed by atoms with Crippen LogP contribution in [0.5, 0.6) is 0 Å². The number of aromatic nitrogens is 1. The van der Waals surface area contributed by atoms with E-state index < -0.39 is 26.8 Å². The molecule has 36 heavy (non-hydrogen) atoms. The number of pyridine rings is 1. The van der Waals surface area contributed by atoms with Gasteiger partial charge < -0.3 is 15.1 Å². The third kappa shape index (κ3) is 4.58. The monoisotopic (exact) mass is 506 g/mol. The minimum Gasteiger partial charge on any atom is -0.433 e. The van der Waals surface area contributed by atoms with Crippen molar-refractivity contribution in [3.8, 4) is 17.3 Å². The number of amides is 2. The highest BCUT2D eigenvalue weighted by Gasteiger charge is 2.50. The average Bonchev–Trinajstić information content (AvgIpc) is 3.51. The third-order valence-electron chi connectivity index (χ3n) is 7.00. The molecule has 0 spiro atoms. The van der Waals surface area contributed by atoms with E-state index >= 15 is 0 Å². The molecular weight excluding hydrogens is 480 g/mol. The van der Waals surface area contributed by atoms with Gasteiger partial charge in [0.2, 0.25) is 11.6 Å². The van der Waals surface area contributed by atoms with E-state index in [9.17, 15) is 23.3 Å². The number of benzene rings is 1. The summed E-state index contributed by atoms with van der Waals surface area (Å²) in [5.74, 6) is -0.782. The van der Waals surface area contributed by atoms with Gasteiger partial charge in [-0.2, -0.15) is 5.26 Å². The zero-order valence-corrected chi connectivity index (χ0v) is 20.7. The summed E-state index contributed by atoms with van der Waals surface area (Å²) in [5.41, 5.74) is -0.366. The summed E-state index contributed by atoms with van der Waals surface area (Å²) >= 11 is 0. The van der Waals surface area contributed by atoms with E-state index in [1.807, 2.05) is 0 Å². The molecule has 2 amide bonds. The predicted molar refractivity (Wildman–Crippen MR) is 132 cm³/mol. The number of nitriles is 1. The van der Waals surface area contributed by atoms with Crippen molar-refractivity contribution in [3.05, 3.63) is 48.2 Å². The van der Waals surface area contributed by atoms with Crippen LogP contribution < -0.4 is 10.6 Å². The van der Waals surface area contributed by atoms with Crippen LogP contribution in [0.25, 0.3) is 22.4 Å². The van der Waals surface area contributed by atoms with Gasteiger partial charge in [0, 0.05) is 17.2 Å². The number of rotatable bonds is 6. The number of fused-ring (bicyclic) bond motifs is 1. The van der Waals surface area contributed by atoms with Crippen molar-refractivity contribution in [3.63, 3.8) is 0 Å². The second-order valence-electron chi connectivity index (χ2n) is 9.74. The van der Waals surface area contributed by atoms with Gasteiger partial charge in [0.25, 0.3) is 5.91 Å². The van der Waals surface area contributed by atoms with Gasteiger partial charge in [-0.1, -0.05) is 31.4 Å². The van der Waals surface area contributed by atoms with Gasteiger partial charge in [0.15, 0.2) is 15.6 Å². The van der Waals surface area contributed by atoms with Crippen LogP contribution >= 0.6 is 0 Å². The molecule has 2 aromatic heterocycles. The first kappa shape index (κ1) is 24.0. The van der Waals surface area contributed by atoms with E-state index in [-0.39, 0.29) is 22.3 Å². The number of furan rings is 1. The molecule has 2 fully saturated rings. The zero-order chi connectivity index (χ0) is 25.6. The number of sulfone groups is 1. The Balaban J connectivity index is 1.38. The molecule has 2 aliphatic carbocycles. The van der Waals surface area contributed by atoms with Crippen LogP contribution in [0.3, 0.4) is 0 Å². The molecular formula is C26H26N4O5S. The molecule has 0 saturated heterocycles. The molecule has 3 aromatic rings. The van der Waals surface area contributed by atoms with Crippen LogP contribution in [-0.2, 0) is 14.6 Å². The smallest absolute Gasteiger partial charge is 0.287 e. The van der Waals surface area contributed by atoms with E-state index in [0.717, 1.165) is 25.5 Å². The number of hydrogen-bond donors (Lipinski definition) is 2. The Kier molecular flexibility index (Phi) is 5.83. The van der Waals surface area contributed by atoms with Gasteiger partial charge in [-0.25, -0.2) is 13.4 Å². The van der Waals surface area contributed by atoms with Crippen LogP contribution in [0.15, 0.2) is 51.8 Å². The largest absolute Gasteiger partial charge is 0.433 e. The Hall–Kier alpha value is -3.71. The molecule has 2 N–H and O–H groups in total. The third-order valence-corrected chi connectivity index (χ3v) is 8.12. The summed E-state index contributed by atoms with van der Waals surface area (Å²) in [6, 6.07) is 13.7. The van der Waals surface area contributed by atoms with Gasteiger partial charge in [-0.15, -0.1) is 0 Å². The minimum absolute atomic E-state index is 0.0428. The normalized spacial score (nSPS) is 18.2. The maximum Gasteiger partial charge on any atom is 0.287 e. The number of nitrogens with one attached hydrogen (secondary N) is 2. The fourth-order valence-corrected chi connectivity index (χ4v) is 5.26. The van der Waals surface area contributed by atoms with E-state index in [0.29, 0.717) is 42.3 Å². The lowest BCUT2D eigenvalue weighted by Crippen LogP contribution is -2.61. The van der Waals surface area contributed by atoms with Gasteiger partial charge in [-0.3, -0.25) is 9.59 Å². The lowest BCUT2D eigenvalue weighted by molar-refractivity contribution is -0.129. The Morgan fingerprint density at radius 3 is 2.31 bits per heavy atom. The quantitative estimate of drug-likeness (QED) is 0.521. The maximum atomic E-state index is 13.2. The van der Waals surface area contributed by atoms with Crippen molar-refractivity contribution in [2.45, 2.75) is 60.9 Å². The number of carbonyl (C=O) groups excluding carboxylic acids is 2. The molecule has 2 saturated carbocycles. The van der Waals surface area contributed by atoms with Crippen LogP contribution in [0.2, 0.25) is 0 Å². The molecule has 9 nitrogen and oxygen atoms in total. The molecule has 1 aromatic carbocycles. The Morgan fingerprint density at radius 2 is 1.69 bits per heavy atom. The van der Waals surface area contributed by atoms with Crippen molar-refractivity contribution < 1.29 is 22.4 Å². The second kappa shape index (κ2) is 8.75. The molecule has 2 heterocycles. The number of nitrogens with zero attached hydrogens (tertiary/aromatic N) is 2. The molecule has 5 rings (SSSR count). The Bertz CT molecular complexity index is 1490. The molecule has 186 valence electrons. The van der Waals surface area contributed by atoms with Crippen molar-refractivity contribution >= 4 is 32.8 Å². The van der Waals surface area contributed by atoms with Crippen LogP contribution in [0.4, 0.5) is 0 Å². The molecule has 0 bridgehead atoms. The van der Waals surface area contributed by atoms with Crippen molar-refractivity contribution in [1.82, 2.24) is 15.6 Å². The lowest BCUT2D eigenvalue weighted by atomic mass is 9.80. The highest BCUT2D eigenvalue weighted by atomic mass is 32.2. The highest BCUT2D eigenvalue weighted by Crippen LogP contribution is 2.37. The SMILES string of the molecule is CS(=O)(=O)c1ccc(-c2ccc3cc(C(=O)NC4(C(=O)NC5(C#N)CC5)CCCCC4)oc3n2)cc1. The van der Waals surface area contributed by atoms with E-state index in [4.69, 9.17) is 4.42 Å². The second-order valence-corrected chi connectivity index (χ2v) is 11.8. The Morgan fingerprint density at radius 1 is 1.00 bits per heavy atom. The molecule has 2 aliphatic rings. The summed E-state index contributed by atoms with van der Waals surface area (Å²) in [7, 11) is -3.30. The number of hydrogen-bond acceptors (Lipinski definition) is 7. The van der Waals surface area contributed by atoms with Gasteiger partial charge in [-0.05, 0) is 56.0 Å². The van der Waals surface area contributed by atoms with Gasteiger partial charge in [0.05, 0.1) is 16.7 Å². The minimum atomic E-state index is -3.30. The maximum absolute atomic E-state index is 13.2. The van der Waals surface area contributed by atoms with Crippen LogP contribution in [-0.4, -0.2) is 42.5 Å². The fraction of sp³-hybridized carbons (Fsp3) is 0.385. The molecule has 0 unspecified atom stereocenters.